The molecule has 0 aliphatic carbocycles. The molecule has 2 heterocycles. The number of nitrogens with zero attached hydrogens (tertiary/aromatic N) is 3. The molecule has 0 unspecified atom stereocenters. The summed E-state index contributed by atoms with van der Waals surface area (Å²) in [6.07, 6.45) is 4.10. The van der Waals surface area contributed by atoms with Gasteiger partial charge in [0.15, 0.2) is 5.82 Å². The average molecular weight is 242 g/mol. The van der Waals surface area contributed by atoms with Crippen molar-refractivity contribution in [1.29, 1.82) is 0 Å². The Morgan fingerprint density at radius 1 is 1.56 bits per heavy atom. The number of nitrogen functional groups attached to an aromatic ring is 1. The number of rotatable bonds is 3. The zero-order chi connectivity index (χ0) is 11.8. The van der Waals surface area contributed by atoms with Crippen molar-refractivity contribution in [2.24, 2.45) is 7.05 Å². The van der Waals surface area contributed by atoms with Crippen molar-refractivity contribution in [3.8, 4) is 0 Å². The van der Waals surface area contributed by atoms with Gasteiger partial charge in [0.25, 0.3) is 10.0 Å². The van der Waals surface area contributed by atoms with Gasteiger partial charge in [-0.25, -0.2) is 8.42 Å². The van der Waals surface area contributed by atoms with Gasteiger partial charge in [-0.2, -0.15) is 10.2 Å². The van der Waals surface area contributed by atoms with Gasteiger partial charge in [-0.05, 0) is 0 Å². The number of sulfonamides is 1. The van der Waals surface area contributed by atoms with Crippen LogP contribution in [0.3, 0.4) is 0 Å². The van der Waals surface area contributed by atoms with Gasteiger partial charge in [-0.1, -0.05) is 0 Å². The Morgan fingerprint density at radius 3 is 2.81 bits per heavy atom. The predicted octanol–water partition coefficient (Wildman–Crippen LogP) is -0.474. The molecule has 0 aliphatic rings. The molecule has 0 aromatic carbocycles. The molecular formula is C7H10N6O2S. The monoisotopic (exact) mass is 242 g/mol. The van der Waals surface area contributed by atoms with Crippen LogP contribution < -0.4 is 10.5 Å². The molecule has 0 amide bonds. The molecular weight excluding hydrogens is 232 g/mol. The highest BCUT2D eigenvalue weighted by Crippen LogP contribution is 2.18. The van der Waals surface area contributed by atoms with Crippen LogP contribution in [0.4, 0.5) is 11.5 Å². The first-order valence-electron chi connectivity index (χ1n) is 4.30. The number of aromatic amines is 1. The largest absolute Gasteiger partial charge is 0.381 e. The summed E-state index contributed by atoms with van der Waals surface area (Å²) in [5.74, 6) is -0.0431. The molecule has 0 fully saturated rings. The van der Waals surface area contributed by atoms with Crippen LogP contribution in [0.1, 0.15) is 0 Å². The lowest BCUT2D eigenvalue weighted by Gasteiger charge is -2.02. The standard InChI is InChI=1S/C7H10N6O2S/c1-13-4-6(7(8)11-13)16(14,15)12-5-2-9-10-3-5/h2-4,12H,1H3,(H2,8,11)(H,9,10). The number of hydrogen-bond acceptors (Lipinski definition) is 5. The molecule has 2 aromatic heterocycles. The van der Waals surface area contributed by atoms with Crippen LogP contribution in [0.5, 0.6) is 0 Å². The smallest absolute Gasteiger partial charge is 0.267 e. The normalized spacial score (nSPS) is 11.6. The number of nitrogens with two attached hydrogens (primary N) is 1. The maximum Gasteiger partial charge on any atom is 0.267 e. The van der Waals surface area contributed by atoms with E-state index in [0.717, 1.165) is 0 Å². The summed E-state index contributed by atoms with van der Waals surface area (Å²) < 4.78 is 27.3. The van der Waals surface area contributed by atoms with Crippen LogP contribution in [0.2, 0.25) is 0 Å². The zero-order valence-electron chi connectivity index (χ0n) is 8.38. The fourth-order valence-corrected chi connectivity index (χ4v) is 2.35. The Morgan fingerprint density at radius 2 is 2.31 bits per heavy atom. The molecule has 9 heteroatoms. The summed E-state index contributed by atoms with van der Waals surface area (Å²) in [6.45, 7) is 0. The second kappa shape index (κ2) is 3.52. The Balaban J connectivity index is 2.36. The molecule has 0 saturated carbocycles. The lowest BCUT2D eigenvalue weighted by molar-refractivity contribution is 0.601. The Hall–Kier alpha value is -2.03. The number of hydrogen-bond donors (Lipinski definition) is 3. The van der Waals surface area contributed by atoms with Crippen molar-refractivity contribution in [3.63, 3.8) is 0 Å². The van der Waals surface area contributed by atoms with E-state index in [2.05, 4.69) is 20.0 Å². The van der Waals surface area contributed by atoms with Crippen LogP contribution in [0, 0.1) is 0 Å². The highest BCUT2D eigenvalue weighted by atomic mass is 32.2. The van der Waals surface area contributed by atoms with E-state index in [9.17, 15) is 8.42 Å². The number of H-pyrrole nitrogens is 1. The van der Waals surface area contributed by atoms with Gasteiger partial charge in [0.05, 0.1) is 11.9 Å². The van der Waals surface area contributed by atoms with E-state index in [-0.39, 0.29) is 10.7 Å². The van der Waals surface area contributed by atoms with Crippen LogP contribution in [-0.4, -0.2) is 28.4 Å². The number of aryl methyl sites for hydroxylation is 1. The second-order valence-corrected chi connectivity index (χ2v) is 4.80. The summed E-state index contributed by atoms with van der Waals surface area (Å²) in [6, 6.07) is 0. The number of nitrogens with one attached hydrogen (secondary N) is 2. The van der Waals surface area contributed by atoms with Gasteiger partial charge in [0.1, 0.15) is 4.90 Å². The molecule has 0 bridgehead atoms. The van der Waals surface area contributed by atoms with Crippen LogP contribution in [-0.2, 0) is 17.1 Å². The number of anilines is 2. The molecule has 86 valence electrons. The summed E-state index contributed by atoms with van der Waals surface area (Å²) in [7, 11) is -2.12. The van der Waals surface area contributed by atoms with Crippen LogP contribution >= 0.6 is 0 Å². The van der Waals surface area contributed by atoms with Crippen molar-refractivity contribution in [3.05, 3.63) is 18.6 Å². The molecule has 16 heavy (non-hydrogen) atoms. The van der Waals surface area contributed by atoms with Gasteiger partial charge < -0.3 is 5.73 Å². The van der Waals surface area contributed by atoms with E-state index in [4.69, 9.17) is 5.73 Å². The van der Waals surface area contributed by atoms with Crippen molar-refractivity contribution in [2.45, 2.75) is 4.90 Å². The second-order valence-electron chi connectivity index (χ2n) is 3.14. The lowest BCUT2D eigenvalue weighted by atomic mass is 10.6. The fourth-order valence-electron chi connectivity index (χ4n) is 1.21. The van der Waals surface area contributed by atoms with E-state index < -0.39 is 10.0 Å². The number of aromatic nitrogens is 4. The minimum Gasteiger partial charge on any atom is -0.381 e. The van der Waals surface area contributed by atoms with E-state index in [1.54, 1.807) is 7.05 Å². The SMILES string of the molecule is Cn1cc(S(=O)(=O)Nc2cn[nH]c2)c(N)n1. The quantitative estimate of drug-likeness (QED) is 0.672. The van der Waals surface area contributed by atoms with Crippen molar-refractivity contribution in [1.82, 2.24) is 20.0 Å². The van der Waals surface area contributed by atoms with E-state index in [1.165, 1.54) is 23.3 Å². The third-order valence-corrected chi connectivity index (χ3v) is 3.26. The third kappa shape index (κ3) is 1.84. The molecule has 8 nitrogen and oxygen atoms in total. The maximum absolute atomic E-state index is 11.8. The van der Waals surface area contributed by atoms with Gasteiger partial charge in [-0.3, -0.25) is 14.5 Å². The Bertz CT molecular complexity index is 584. The summed E-state index contributed by atoms with van der Waals surface area (Å²) >= 11 is 0. The van der Waals surface area contributed by atoms with E-state index in [1.807, 2.05) is 0 Å². The Labute approximate surface area is 91.5 Å². The van der Waals surface area contributed by atoms with E-state index in [0.29, 0.717) is 5.69 Å². The van der Waals surface area contributed by atoms with Crippen molar-refractivity contribution < 1.29 is 8.42 Å². The molecule has 2 aromatic rings. The first kappa shape index (κ1) is 10.5. The zero-order valence-corrected chi connectivity index (χ0v) is 9.19. The Kier molecular flexibility index (Phi) is 2.31. The van der Waals surface area contributed by atoms with Crippen molar-refractivity contribution >= 4 is 21.5 Å². The van der Waals surface area contributed by atoms with Gasteiger partial charge in [-0.15, -0.1) is 0 Å². The van der Waals surface area contributed by atoms with Crippen molar-refractivity contribution in [2.75, 3.05) is 10.5 Å². The topological polar surface area (TPSA) is 119 Å². The minimum absolute atomic E-state index is 0.0431. The highest BCUT2D eigenvalue weighted by Gasteiger charge is 2.20. The molecule has 0 saturated heterocycles. The first-order chi connectivity index (χ1) is 7.49. The molecule has 2 rings (SSSR count). The molecule has 0 spiro atoms. The first-order valence-corrected chi connectivity index (χ1v) is 5.78. The predicted molar refractivity (Wildman–Crippen MR) is 57.0 cm³/mol. The minimum atomic E-state index is -3.71. The van der Waals surface area contributed by atoms with Gasteiger partial charge >= 0.3 is 0 Å². The van der Waals surface area contributed by atoms with Crippen LogP contribution in [0.15, 0.2) is 23.5 Å². The van der Waals surface area contributed by atoms with E-state index >= 15 is 0 Å². The molecule has 0 aliphatic heterocycles. The fraction of sp³-hybridized carbons (Fsp3) is 0.143. The van der Waals surface area contributed by atoms with Gasteiger partial charge in [0.2, 0.25) is 0 Å². The van der Waals surface area contributed by atoms with Crippen LogP contribution in [0.25, 0.3) is 0 Å². The third-order valence-electron chi connectivity index (χ3n) is 1.86. The lowest BCUT2D eigenvalue weighted by Crippen LogP contribution is -2.13. The summed E-state index contributed by atoms with van der Waals surface area (Å²) in [5.41, 5.74) is 5.82. The van der Waals surface area contributed by atoms with Gasteiger partial charge in [0, 0.05) is 19.4 Å². The highest BCUT2D eigenvalue weighted by molar-refractivity contribution is 7.92. The molecule has 0 radical (unpaired) electrons. The molecule has 0 atom stereocenters. The summed E-state index contributed by atoms with van der Waals surface area (Å²) in [4.78, 5) is -0.0591. The molecule has 4 N–H and O–H groups in total. The average Bonchev–Trinajstić information content (AvgIpc) is 2.75. The summed E-state index contributed by atoms with van der Waals surface area (Å²) in [5, 5.41) is 9.88. The maximum atomic E-state index is 11.8.